The third-order valence-electron chi connectivity index (χ3n) is 3.20. The monoisotopic (exact) mass is 597 g/mol. The number of carbonyl (C=O) groups is 2. The predicted octanol–water partition coefficient (Wildman–Crippen LogP) is 4.69. The molecule has 0 aliphatic carbocycles. The summed E-state index contributed by atoms with van der Waals surface area (Å²) < 4.78 is 7.54. The van der Waals surface area contributed by atoms with Crippen molar-refractivity contribution in [2.75, 3.05) is 0 Å². The van der Waals surface area contributed by atoms with Crippen molar-refractivity contribution in [2.24, 2.45) is 0 Å². The number of nitrogens with one attached hydrogen (secondary N) is 1. The third-order valence-corrected chi connectivity index (χ3v) is 5.17. The molecule has 1 amide bonds. The van der Waals surface area contributed by atoms with Crippen LogP contribution in [0.4, 0.5) is 0 Å². The van der Waals surface area contributed by atoms with E-state index in [2.05, 4.69) is 50.5 Å². The van der Waals surface area contributed by atoms with Crippen LogP contribution in [0.1, 0.15) is 18.1 Å². The maximum Gasteiger partial charge on any atom is 0.352 e. The van der Waals surface area contributed by atoms with Crippen molar-refractivity contribution in [3.05, 3.63) is 65.4 Å². The Bertz CT molecular complexity index is 860. The molecule has 2 aromatic rings. The molecule has 0 fully saturated rings. The van der Waals surface area contributed by atoms with Gasteiger partial charge in [0.1, 0.15) is 18.1 Å². The molecule has 0 unspecified atom stereocenters. The highest BCUT2D eigenvalue weighted by Crippen LogP contribution is 2.31. The van der Waals surface area contributed by atoms with Crippen molar-refractivity contribution in [1.29, 1.82) is 0 Å². The van der Waals surface area contributed by atoms with Gasteiger partial charge in [0, 0.05) is 17.5 Å². The van der Waals surface area contributed by atoms with Gasteiger partial charge in [-0.05, 0) is 75.0 Å². The predicted molar refractivity (Wildman–Crippen MR) is 117 cm³/mol. The van der Waals surface area contributed by atoms with Gasteiger partial charge in [0.05, 0.1) is 7.14 Å². The zero-order chi connectivity index (χ0) is 19.3. The number of amides is 1. The van der Waals surface area contributed by atoms with E-state index in [0.717, 1.165) is 12.7 Å². The molecule has 0 saturated heterocycles. The number of halogens is 3. The number of hydrogen-bond donors (Lipinski definition) is 2. The van der Waals surface area contributed by atoms with Crippen LogP contribution in [-0.4, -0.2) is 17.0 Å². The molecular formula is C18H14ClI2NO4. The van der Waals surface area contributed by atoms with Crippen molar-refractivity contribution in [3.63, 3.8) is 0 Å². The number of carboxylic acid groups (broad SMARTS) is 1. The summed E-state index contributed by atoms with van der Waals surface area (Å²) in [7, 11) is 0. The largest absolute Gasteiger partial charge is 0.487 e. The van der Waals surface area contributed by atoms with Crippen molar-refractivity contribution >= 4 is 74.7 Å². The van der Waals surface area contributed by atoms with E-state index < -0.39 is 11.9 Å². The first-order chi connectivity index (χ1) is 12.3. The van der Waals surface area contributed by atoms with E-state index in [4.69, 9.17) is 16.3 Å². The first-order valence-electron chi connectivity index (χ1n) is 7.35. The normalized spacial score (nSPS) is 11.2. The van der Waals surface area contributed by atoms with Crippen LogP contribution >= 0.6 is 56.8 Å². The van der Waals surface area contributed by atoms with Crippen molar-refractivity contribution in [1.82, 2.24) is 5.32 Å². The molecule has 136 valence electrons. The number of ether oxygens (including phenoxy) is 1. The van der Waals surface area contributed by atoms with Gasteiger partial charge in [0.25, 0.3) is 0 Å². The molecule has 8 heteroatoms. The molecule has 0 aromatic heterocycles. The standard InChI is InChI=1S/C18H14ClI2NO4/c1-10(23)22-16(18(24)25)8-11-6-14(20)17(15(21)7-11)26-9-12-4-2-3-5-13(12)19/h2-8H,9H2,1H3,(H,22,23)(H,24,25)/b16-8+. The Kier molecular flexibility index (Phi) is 7.71. The molecule has 0 atom stereocenters. The lowest BCUT2D eigenvalue weighted by Crippen LogP contribution is -2.24. The Hall–Kier alpha value is -1.33. The smallest absolute Gasteiger partial charge is 0.352 e. The molecule has 26 heavy (non-hydrogen) atoms. The van der Waals surface area contributed by atoms with Gasteiger partial charge in [0.2, 0.25) is 5.91 Å². The fourth-order valence-electron chi connectivity index (χ4n) is 2.07. The fraction of sp³-hybridized carbons (Fsp3) is 0.111. The second-order valence-electron chi connectivity index (χ2n) is 5.24. The van der Waals surface area contributed by atoms with E-state index in [1.807, 2.05) is 18.2 Å². The van der Waals surface area contributed by atoms with Crippen molar-refractivity contribution in [3.8, 4) is 5.75 Å². The van der Waals surface area contributed by atoms with Gasteiger partial charge in [-0.2, -0.15) is 0 Å². The molecule has 5 nitrogen and oxygen atoms in total. The number of hydrogen-bond acceptors (Lipinski definition) is 3. The minimum absolute atomic E-state index is 0.186. The van der Waals surface area contributed by atoms with Crippen molar-refractivity contribution in [2.45, 2.75) is 13.5 Å². The highest BCUT2D eigenvalue weighted by atomic mass is 127. The Balaban J connectivity index is 2.26. The average Bonchev–Trinajstić information content (AvgIpc) is 2.54. The van der Waals surface area contributed by atoms with Gasteiger partial charge in [-0.25, -0.2) is 4.79 Å². The average molecular weight is 598 g/mol. The summed E-state index contributed by atoms with van der Waals surface area (Å²) in [4.78, 5) is 22.4. The van der Waals surface area contributed by atoms with Crippen LogP contribution in [0.2, 0.25) is 5.02 Å². The topological polar surface area (TPSA) is 75.6 Å². The van der Waals surface area contributed by atoms with Crippen LogP contribution < -0.4 is 10.1 Å². The highest BCUT2D eigenvalue weighted by Gasteiger charge is 2.13. The van der Waals surface area contributed by atoms with Crippen LogP contribution in [-0.2, 0) is 16.2 Å². The Morgan fingerprint density at radius 1 is 1.23 bits per heavy atom. The van der Waals surface area contributed by atoms with E-state index >= 15 is 0 Å². The second kappa shape index (κ2) is 9.56. The van der Waals surface area contributed by atoms with E-state index in [1.54, 1.807) is 18.2 Å². The summed E-state index contributed by atoms with van der Waals surface area (Å²) in [5.41, 5.74) is 1.34. The maximum absolute atomic E-state index is 11.2. The number of carbonyl (C=O) groups excluding carboxylic acids is 1. The number of aliphatic carboxylic acids is 1. The van der Waals surface area contributed by atoms with E-state index in [-0.39, 0.29) is 5.70 Å². The molecule has 2 aromatic carbocycles. The second-order valence-corrected chi connectivity index (χ2v) is 7.97. The molecule has 0 spiro atoms. The molecule has 0 radical (unpaired) electrons. The van der Waals surface area contributed by atoms with Gasteiger partial charge in [-0.15, -0.1) is 0 Å². The summed E-state index contributed by atoms with van der Waals surface area (Å²) in [5.74, 6) is -0.952. The molecule has 0 heterocycles. The van der Waals surface area contributed by atoms with E-state index in [0.29, 0.717) is 22.9 Å². The van der Waals surface area contributed by atoms with Gasteiger partial charge in [-0.3, -0.25) is 4.79 Å². The molecule has 2 rings (SSSR count). The zero-order valence-corrected chi connectivity index (χ0v) is 18.6. The van der Waals surface area contributed by atoms with Gasteiger partial charge < -0.3 is 15.2 Å². The summed E-state index contributed by atoms with van der Waals surface area (Å²) in [5, 5.41) is 12.1. The fourth-order valence-corrected chi connectivity index (χ4v) is 4.39. The minimum atomic E-state index is -1.20. The Morgan fingerprint density at radius 2 is 1.85 bits per heavy atom. The van der Waals surface area contributed by atoms with Gasteiger partial charge >= 0.3 is 5.97 Å². The number of rotatable bonds is 6. The summed E-state index contributed by atoms with van der Waals surface area (Å²) >= 11 is 10.4. The molecule has 0 aliphatic heterocycles. The van der Waals surface area contributed by atoms with Crippen LogP contribution in [0.15, 0.2) is 42.1 Å². The Labute approximate surface area is 183 Å². The molecule has 0 aliphatic rings. The van der Waals surface area contributed by atoms with Crippen molar-refractivity contribution < 1.29 is 19.4 Å². The van der Waals surface area contributed by atoms with Gasteiger partial charge in [0.15, 0.2) is 0 Å². The summed E-state index contributed by atoms with van der Waals surface area (Å²) in [6.45, 7) is 1.59. The summed E-state index contributed by atoms with van der Waals surface area (Å²) in [6.07, 6.45) is 1.41. The SMILES string of the molecule is CC(=O)N/C(=C/c1cc(I)c(OCc2ccccc2Cl)c(I)c1)C(=O)O. The maximum atomic E-state index is 11.2. The lowest BCUT2D eigenvalue weighted by Gasteiger charge is -2.13. The van der Waals surface area contributed by atoms with Crippen LogP contribution in [0.25, 0.3) is 6.08 Å². The third kappa shape index (κ3) is 5.85. The number of carboxylic acids is 1. The molecule has 0 saturated carbocycles. The van der Waals surface area contributed by atoms with Crippen LogP contribution in [0.3, 0.4) is 0 Å². The van der Waals surface area contributed by atoms with Gasteiger partial charge in [-0.1, -0.05) is 29.8 Å². The zero-order valence-electron chi connectivity index (χ0n) is 13.6. The minimum Gasteiger partial charge on any atom is -0.487 e. The number of benzene rings is 2. The van der Waals surface area contributed by atoms with Crippen LogP contribution in [0, 0.1) is 7.14 Å². The van der Waals surface area contributed by atoms with E-state index in [1.165, 1.54) is 13.0 Å². The molecular weight excluding hydrogens is 583 g/mol. The van der Waals surface area contributed by atoms with E-state index in [9.17, 15) is 14.7 Å². The highest BCUT2D eigenvalue weighted by molar-refractivity contribution is 14.1. The van der Waals surface area contributed by atoms with Crippen LogP contribution in [0.5, 0.6) is 5.75 Å². The Morgan fingerprint density at radius 3 is 2.38 bits per heavy atom. The molecule has 0 bridgehead atoms. The lowest BCUT2D eigenvalue weighted by molar-refractivity contribution is -0.134. The first kappa shape index (κ1) is 21.0. The first-order valence-corrected chi connectivity index (χ1v) is 9.89. The molecule has 2 N–H and O–H groups in total. The lowest BCUT2D eigenvalue weighted by atomic mass is 10.2. The summed E-state index contributed by atoms with van der Waals surface area (Å²) in [6, 6.07) is 11.0. The quantitative estimate of drug-likeness (QED) is 0.375.